The normalized spacial score (nSPS) is 23.2. The monoisotopic (exact) mass is 223 g/mol. The number of rotatable bonds is 4. The van der Waals surface area contributed by atoms with E-state index in [2.05, 4.69) is 22.5 Å². The molecule has 0 aromatic carbocycles. The molecule has 4 nitrogen and oxygen atoms in total. The van der Waals surface area contributed by atoms with Gasteiger partial charge in [-0.25, -0.2) is 4.98 Å². The number of oxazole rings is 1. The van der Waals surface area contributed by atoms with Crippen LogP contribution in [0.1, 0.15) is 37.4 Å². The Morgan fingerprint density at radius 2 is 2.56 bits per heavy atom. The maximum Gasteiger partial charge on any atom is 0.194 e. The first-order chi connectivity index (χ1) is 7.79. The largest absolute Gasteiger partial charge is 0.449 e. The lowest BCUT2D eigenvalue weighted by Gasteiger charge is -2.21. The summed E-state index contributed by atoms with van der Waals surface area (Å²) in [5, 5.41) is 6.58. The van der Waals surface area contributed by atoms with Crippen LogP contribution in [-0.2, 0) is 6.42 Å². The smallest absolute Gasteiger partial charge is 0.194 e. The van der Waals surface area contributed by atoms with Gasteiger partial charge in [0.1, 0.15) is 6.26 Å². The fraction of sp³-hybridized carbons (Fsp3) is 0.750. The molecule has 90 valence electrons. The summed E-state index contributed by atoms with van der Waals surface area (Å²) in [7, 11) is 1.93. The van der Waals surface area contributed by atoms with Gasteiger partial charge in [0.05, 0.1) is 5.69 Å². The van der Waals surface area contributed by atoms with Crippen LogP contribution in [-0.4, -0.2) is 25.1 Å². The van der Waals surface area contributed by atoms with E-state index in [1.807, 2.05) is 7.05 Å². The molecule has 2 rings (SSSR count). The van der Waals surface area contributed by atoms with Crippen LogP contribution in [0.3, 0.4) is 0 Å². The number of hydrogen-bond acceptors (Lipinski definition) is 4. The fourth-order valence-corrected chi connectivity index (χ4v) is 2.11. The summed E-state index contributed by atoms with van der Waals surface area (Å²) in [4.78, 5) is 4.52. The fourth-order valence-electron chi connectivity index (χ4n) is 2.11. The molecule has 16 heavy (non-hydrogen) atoms. The molecule has 1 fully saturated rings. The summed E-state index contributed by atoms with van der Waals surface area (Å²) in [6.07, 6.45) is 5.29. The van der Waals surface area contributed by atoms with Crippen molar-refractivity contribution in [3.8, 4) is 0 Å². The second-order valence-electron chi connectivity index (χ2n) is 4.59. The first-order valence-corrected chi connectivity index (χ1v) is 6.12. The van der Waals surface area contributed by atoms with Gasteiger partial charge in [-0.15, -0.1) is 0 Å². The molecule has 0 aliphatic carbocycles. The number of nitrogens with zero attached hydrogens (tertiary/aromatic N) is 1. The van der Waals surface area contributed by atoms with E-state index in [-0.39, 0.29) is 6.04 Å². The Balaban J connectivity index is 1.91. The molecule has 0 saturated carbocycles. The molecule has 1 aromatic heterocycles. The van der Waals surface area contributed by atoms with Gasteiger partial charge >= 0.3 is 0 Å². The Morgan fingerprint density at radius 3 is 3.25 bits per heavy atom. The van der Waals surface area contributed by atoms with Crippen LogP contribution in [0.5, 0.6) is 0 Å². The van der Waals surface area contributed by atoms with Gasteiger partial charge in [-0.2, -0.15) is 0 Å². The first kappa shape index (κ1) is 11.6. The molecule has 1 aliphatic rings. The summed E-state index contributed by atoms with van der Waals surface area (Å²) in [5.41, 5.74) is 1.00. The molecule has 2 atom stereocenters. The molecule has 1 aromatic rings. The zero-order valence-corrected chi connectivity index (χ0v) is 10.1. The van der Waals surface area contributed by atoms with Crippen LogP contribution in [0.4, 0.5) is 0 Å². The van der Waals surface area contributed by atoms with Gasteiger partial charge in [-0.05, 0) is 45.8 Å². The lowest BCUT2D eigenvalue weighted by atomic mass is 9.96. The Bertz CT molecular complexity index is 318. The van der Waals surface area contributed by atoms with Gasteiger partial charge in [0.25, 0.3) is 0 Å². The first-order valence-electron chi connectivity index (χ1n) is 6.12. The quantitative estimate of drug-likeness (QED) is 0.812. The molecule has 2 heterocycles. The van der Waals surface area contributed by atoms with Crippen molar-refractivity contribution < 1.29 is 4.42 Å². The number of piperidine rings is 1. The Morgan fingerprint density at radius 1 is 1.69 bits per heavy atom. The molecular weight excluding hydrogens is 202 g/mol. The van der Waals surface area contributed by atoms with Gasteiger partial charge in [-0.1, -0.05) is 0 Å². The van der Waals surface area contributed by atoms with Crippen LogP contribution in [0.2, 0.25) is 0 Å². The summed E-state index contributed by atoms with van der Waals surface area (Å²) >= 11 is 0. The van der Waals surface area contributed by atoms with E-state index in [4.69, 9.17) is 4.42 Å². The second-order valence-corrected chi connectivity index (χ2v) is 4.59. The molecule has 0 radical (unpaired) electrons. The summed E-state index contributed by atoms with van der Waals surface area (Å²) < 4.78 is 5.51. The Hall–Kier alpha value is -0.870. The summed E-state index contributed by atoms with van der Waals surface area (Å²) in [6, 6.07) is 0.266. The van der Waals surface area contributed by atoms with Crippen LogP contribution in [0, 0.1) is 5.92 Å². The number of hydrogen-bond donors (Lipinski definition) is 2. The minimum absolute atomic E-state index is 0.266. The van der Waals surface area contributed by atoms with E-state index in [1.54, 1.807) is 6.26 Å². The molecule has 1 saturated heterocycles. The zero-order chi connectivity index (χ0) is 11.4. The van der Waals surface area contributed by atoms with E-state index < -0.39 is 0 Å². The average molecular weight is 223 g/mol. The van der Waals surface area contributed by atoms with Crippen molar-refractivity contribution >= 4 is 0 Å². The summed E-state index contributed by atoms with van der Waals surface area (Å²) in [5.74, 6) is 1.57. The van der Waals surface area contributed by atoms with E-state index >= 15 is 0 Å². The lowest BCUT2D eigenvalue weighted by molar-refractivity contribution is 0.345. The van der Waals surface area contributed by atoms with Gasteiger partial charge < -0.3 is 15.1 Å². The minimum atomic E-state index is 0.266. The standard InChI is InChI=1S/C12H21N3O/c1-9(13-2)11-8-16-12(15-11)6-10-4-3-5-14-7-10/h8-10,13-14H,3-7H2,1-2H3. The van der Waals surface area contributed by atoms with E-state index in [0.29, 0.717) is 5.92 Å². The molecular formula is C12H21N3O. The number of nitrogens with one attached hydrogen (secondary N) is 2. The third-order valence-corrected chi connectivity index (χ3v) is 3.31. The van der Waals surface area contributed by atoms with Crippen molar-refractivity contribution in [1.82, 2.24) is 15.6 Å². The molecule has 2 unspecified atom stereocenters. The van der Waals surface area contributed by atoms with Crippen molar-refractivity contribution in [2.75, 3.05) is 20.1 Å². The van der Waals surface area contributed by atoms with Crippen molar-refractivity contribution in [2.45, 2.75) is 32.2 Å². The van der Waals surface area contributed by atoms with Crippen molar-refractivity contribution in [1.29, 1.82) is 0 Å². The Kier molecular flexibility index (Phi) is 3.96. The van der Waals surface area contributed by atoms with Crippen LogP contribution < -0.4 is 10.6 Å². The molecule has 2 N–H and O–H groups in total. The topological polar surface area (TPSA) is 50.1 Å². The van der Waals surface area contributed by atoms with Gasteiger partial charge in [0.15, 0.2) is 5.89 Å². The minimum Gasteiger partial charge on any atom is -0.449 e. The predicted molar refractivity (Wildman–Crippen MR) is 63.3 cm³/mol. The Labute approximate surface area is 96.8 Å². The second kappa shape index (κ2) is 5.46. The number of aromatic nitrogens is 1. The average Bonchev–Trinajstić information content (AvgIpc) is 2.78. The predicted octanol–water partition coefficient (Wildman–Crippen LogP) is 1.50. The van der Waals surface area contributed by atoms with Gasteiger partial charge in [-0.3, -0.25) is 0 Å². The van der Waals surface area contributed by atoms with E-state index in [9.17, 15) is 0 Å². The maximum absolute atomic E-state index is 5.51. The molecule has 0 spiro atoms. The molecule has 4 heteroatoms. The van der Waals surface area contributed by atoms with Crippen LogP contribution in [0.15, 0.2) is 10.7 Å². The van der Waals surface area contributed by atoms with Crippen LogP contribution in [0.25, 0.3) is 0 Å². The molecule has 0 bridgehead atoms. The van der Waals surface area contributed by atoms with Gasteiger partial charge in [0.2, 0.25) is 0 Å². The van der Waals surface area contributed by atoms with Crippen molar-refractivity contribution in [3.05, 3.63) is 17.8 Å². The third-order valence-electron chi connectivity index (χ3n) is 3.31. The van der Waals surface area contributed by atoms with E-state index in [1.165, 1.54) is 12.8 Å². The van der Waals surface area contributed by atoms with Crippen LogP contribution >= 0.6 is 0 Å². The highest BCUT2D eigenvalue weighted by Gasteiger charge is 2.17. The lowest BCUT2D eigenvalue weighted by Crippen LogP contribution is -2.30. The van der Waals surface area contributed by atoms with Crippen molar-refractivity contribution in [3.63, 3.8) is 0 Å². The maximum atomic E-state index is 5.51. The third kappa shape index (κ3) is 2.83. The van der Waals surface area contributed by atoms with Gasteiger partial charge in [0, 0.05) is 12.5 Å². The highest BCUT2D eigenvalue weighted by Crippen LogP contribution is 2.18. The summed E-state index contributed by atoms with van der Waals surface area (Å²) in [6.45, 7) is 4.34. The highest BCUT2D eigenvalue weighted by molar-refractivity contribution is 5.02. The highest BCUT2D eigenvalue weighted by atomic mass is 16.3. The van der Waals surface area contributed by atoms with Crippen molar-refractivity contribution in [2.24, 2.45) is 5.92 Å². The van der Waals surface area contributed by atoms with E-state index in [0.717, 1.165) is 31.1 Å². The molecule has 1 aliphatic heterocycles. The molecule has 0 amide bonds. The zero-order valence-electron chi connectivity index (χ0n) is 10.1. The SMILES string of the molecule is CNC(C)c1coc(CC2CCCNC2)n1.